The van der Waals surface area contributed by atoms with Crippen molar-refractivity contribution in [3.63, 3.8) is 0 Å². The van der Waals surface area contributed by atoms with E-state index in [9.17, 15) is 0 Å². The highest BCUT2D eigenvalue weighted by Gasteiger charge is 2.25. The van der Waals surface area contributed by atoms with Crippen LogP contribution in [0.1, 0.15) is 18.2 Å². The van der Waals surface area contributed by atoms with E-state index in [1.165, 1.54) is 0 Å². The number of hydrogen-bond donors (Lipinski definition) is 2. The number of nitrogens with zero attached hydrogens (tertiary/aromatic N) is 2. The lowest BCUT2D eigenvalue weighted by Crippen LogP contribution is -2.25. The van der Waals surface area contributed by atoms with Crippen LogP contribution in [-0.2, 0) is 11.3 Å². The van der Waals surface area contributed by atoms with E-state index in [0.29, 0.717) is 12.5 Å². The molecule has 0 spiro atoms. The molecule has 5 nitrogen and oxygen atoms in total. The third-order valence-electron chi connectivity index (χ3n) is 2.93. The summed E-state index contributed by atoms with van der Waals surface area (Å²) in [7, 11) is 0. The molecule has 1 fully saturated rings. The van der Waals surface area contributed by atoms with Gasteiger partial charge >= 0.3 is 0 Å². The molecular formula is C10H18N4O. The van der Waals surface area contributed by atoms with Crippen molar-refractivity contribution in [1.29, 1.82) is 0 Å². The van der Waals surface area contributed by atoms with Crippen molar-refractivity contribution in [2.45, 2.75) is 19.0 Å². The van der Waals surface area contributed by atoms with Crippen LogP contribution in [0.15, 0.2) is 12.5 Å². The molecule has 2 atom stereocenters. The van der Waals surface area contributed by atoms with E-state index in [1.54, 1.807) is 6.33 Å². The van der Waals surface area contributed by atoms with Crippen molar-refractivity contribution < 1.29 is 4.74 Å². The number of imidazole rings is 1. The minimum atomic E-state index is 0.0153. The summed E-state index contributed by atoms with van der Waals surface area (Å²) in [5, 5.41) is 0. The molecule has 2 rings (SSSR count). The van der Waals surface area contributed by atoms with Crippen LogP contribution in [0, 0.1) is 5.92 Å². The fourth-order valence-electron chi connectivity index (χ4n) is 2.01. The van der Waals surface area contributed by atoms with Gasteiger partial charge in [-0.05, 0) is 6.42 Å². The monoisotopic (exact) mass is 210 g/mol. The molecule has 0 amide bonds. The Balaban J connectivity index is 2.09. The Bertz CT molecular complexity index is 306. The van der Waals surface area contributed by atoms with Crippen LogP contribution in [0.4, 0.5) is 0 Å². The predicted molar refractivity (Wildman–Crippen MR) is 57.1 cm³/mol. The second-order valence-electron chi connectivity index (χ2n) is 3.95. The number of ether oxygens (including phenoxy) is 1. The largest absolute Gasteiger partial charge is 0.381 e. The standard InChI is InChI=1S/C10H18N4O/c11-2-3-14-7-13-5-9(14)10(12)8-1-4-15-6-8/h5,7-8,10H,1-4,6,11-12H2. The van der Waals surface area contributed by atoms with Gasteiger partial charge in [0.25, 0.3) is 0 Å². The van der Waals surface area contributed by atoms with Gasteiger partial charge in [-0.1, -0.05) is 0 Å². The Labute approximate surface area is 89.4 Å². The average Bonchev–Trinajstić information content (AvgIpc) is 2.87. The summed E-state index contributed by atoms with van der Waals surface area (Å²) in [6.45, 7) is 2.96. The van der Waals surface area contributed by atoms with Gasteiger partial charge < -0.3 is 20.8 Å². The lowest BCUT2D eigenvalue weighted by atomic mass is 9.97. The maximum atomic E-state index is 6.19. The Morgan fingerprint density at radius 3 is 3.20 bits per heavy atom. The van der Waals surface area contributed by atoms with Gasteiger partial charge in [-0.15, -0.1) is 0 Å². The summed E-state index contributed by atoms with van der Waals surface area (Å²) in [5.74, 6) is 0.415. The Hall–Kier alpha value is -0.910. The molecule has 0 bridgehead atoms. The Morgan fingerprint density at radius 2 is 2.53 bits per heavy atom. The third-order valence-corrected chi connectivity index (χ3v) is 2.93. The van der Waals surface area contributed by atoms with Crippen LogP contribution in [0.5, 0.6) is 0 Å². The molecule has 84 valence electrons. The molecule has 5 heteroatoms. The van der Waals surface area contributed by atoms with Crippen LogP contribution in [0.2, 0.25) is 0 Å². The highest BCUT2D eigenvalue weighted by molar-refractivity contribution is 5.07. The second kappa shape index (κ2) is 4.74. The minimum absolute atomic E-state index is 0.0153. The number of rotatable bonds is 4. The molecule has 0 aromatic carbocycles. The lowest BCUT2D eigenvalue weighted by Gasteiger charge is -2.19. The first kappa shape index (κ1) is 10.6. The predicted octanol–water partition coefficient (Wildman–Crippen LogP) is -0.122. The summed E-state index contributed by atoms with van der Waals surface area (Å²) >= 11 is 0. The zero-order valence-electron chi connectivity index (χ0n) is 8.80. The van der Waals surface area contributed by atoms with E-state index < -0.39 is 0 Å². The molecule has 2 unspecified atom stereocenters. The van der Waals surface area contributed by atoms with Crippen molar-refractivity contribution in [3.8, 4) is 0 Å². The molecule has 1 aromatic heterocycles. The first-order chi connectivity index (χ1) is 7.33. The summed E-state index contributed by atoms with van der Waals surface area (Å²) in [6, 6.07) is 0.0153. The molecule has 1 aliphatic rings. The molecule has 4 N–H and O–H groups in total. The van der Waals surface area contributed by atoms with Crippen molar-refractivity contribution in [1.82, 2.24) is 9.55 Å². The summed E-state index contributed by atoms with van der Waals surface area (Å²) in [4.78, 5) is 4.12. The van der Waals surface area contributed by atoms with E-state index in [-0.39, 0.29) is 6.04 Å². The van der Waals surface area contributed by atoms with Crippen molar-refractivity contribution in [3.05, 3.63) is 18.2 Å². The second-order valence-corrected chi connectivity index (χ2v) is 3.95. The molecule has 0 saturated carbocycles. The van der Waals surface area contributed by atoms with Crippen molar-refractivity contribution >= 4 is 0 Å². The molecule has 0 radical (unpaired) electrons. The summed E-state index contributed by atoms with van der Waals surface area (Å²) < 4.78 is 7.37. The summed E-state index contributed by atoms with van der Waals surface area (Å²) in [6.07, 6.45) is 4.66. The SMILES string of the molecule is NCCn1cncc1C(N)C1CCOC1. The molecule has 15 heavy (non-hydrogen) atoms. The maximum Gasteiger partial charge on any atom is 0.0949 e. The van der Waals surface area contributed by atoms with Crippen LogP contribution < -0.4 is 11.5 Å². The first-order valence-corrected chi connectivity index (χ1v) is 5.36. The molecule has 1 saturated heterocycles. The van der Waals surface area contributed by atoms with E-state index in [0.717, 1.165) is 31.9 Å². The van der Waals surface area contributed by atoms with Crippen LogP contribution in [-0.4, -0.2) is 29.3 Å². The van der Waals surface area contributed by atoms with Gasteiger partial charge in [0.1, 0.15) is 0 Å². The number of nitrogens with two attached hydrogens (primary N) is 2. The van der Waals surface area contributed by atoms with Gasteiger partial charge in [0.05, 0.1) is 24.7 Å². The van der Waals surface area contributed by atoms with E-state index in [2.05, 4.69) is 4.98 Å². The smallest absolute Gasteiger partial charge is 0.0949 e. The van der Waals surface area contributed by atoms with Gasteiger partial charge in [0.15, 0.2) is 0 Å². The van der Waals surface area contributed by atoms with Gasteiger partial charge in [0.2, 0.25) is 0 Å². The fraction of sp³-hybridized carbons (Fsp3) is 0.700. The van der Waals surface area contributed by atoms with Crippen molar-refractivity contribution in [2.24, 2.45) is 17.4 Å². The van der Waals surface area contributed by atoms with Crippen LogP contribution in [0.25, 0.3) is 0 Å². The fourth-order valence-corrected chi connectivity index (χ4v) is 2.01. The zero-order chi connectivity index (χ0) is 10.7. The Morgan fingerprint density at radius 1 is 1.67 bits per heavy atom. The highest BCUT2D eigenvalue weighted by Crippen LogP contribution is 2.26. The summed E-state index contributed by atoms with van der Waals surface area (Å²) in [5.41, 5.74) is 12.8. The van der Waals surface area contributed by atoms with Crippen LogP contribution >= 0.6 is 0 Å². The van der Waals surface area contributed by atoms with Gasteiger partial charge in [-0.2, -0.15) is 0 Å². The zero-order valence-corrected chi connectivity index (χ0v) is 8.80. The highest BCUT2D eigenvalue weighted by atomic mass is 16.5. The quantitative estimate of drug-likeness (QED) is 0.726. The number of aromatic nitrogens is 2. The maximum absolute atomic E-state index is 6.19. The topological polar surface area (TPSA) is 79.1 Å². The first-order valence-electron chi connectivity index (χ1n) is 5.36. The van der Waals surface area contributed by atoms with E-state index in [1.807, 2.05) is 10.8 Å². The minimum Gasteiger partial charge on any atom is -0.381 e. The van der Waals surface area contributed by atoms with Crippen LogP contribution in [0.3, 0.4) is 0 Å². The third kappa shape index (κ3) is 2.19. The number of hydrogen-bond acceptors (Lipinski definition) is 4. The van der Waals surface area contributed by atoms with Gasteiger partial charge in [-0.25, -0.2) is 4.98 Å². The normalized spacial score (nSPS) is 23.2. The van der Waals surface area contributed by atoms with Gasteiger partial charge in [-0.3, -0.25) is 0 Å². The lowest BCUT2D eigenvalue weighted by molar-refractivity contribution is 0.180. The molecule has 2 heterocycles. The molecular weight excluding hydrogens is 192 g/mol. The van der Waals surface area contributed by atoms with Crippen molar-refractivity contribution in [2.75, 3.05) is 19.8 Å². The molecule has 1 aliphatic heterocycles. The van der Waals surface area contributed by atoms with E-state index in [4.69, 9.17) is 16.2 Å². The molecule has 1 aromatic rings. The Kier molecular flexibility index (Phi) is 3.35. The molecule has 0 aliphatic carbocycles. The van der Waals surface area contributed by atoms with Gasteiger partial charge in [0, 0.05) is 31.8 Å². The van der Waals surface area contributed by atoms with E-state index >= 15 is 0 Å². The average molecular weight is 210 g/mol.